The van der Waals surface area contributed by atoms with Crippen LogP contribution in [-0.2, 0) is 39.8 Å². The molecule has 2 fully saturated rings. The molecule has 2 aliphatic rings. The average molecular weight is 973 g/mol. The van der Waals surface area contributed by atoms with Gasteiger partial charge < -0.3 is 27.1 Å². The van der Waals surface area contributed by atoms with Crippen molar-refractivity contribution in [2.45, 2.75) is 132 Å². The minimum atomic E-state index is -1.67. The first-order valence-corrected chi connectivity index (χ1v) is 27.4. The molecule has 0 radical (unpaired) electrons. The Labute approximate surface area is 420 Å². The van der Waals surface area contributed by atoms with Crippen LogP contribution in [0.3, 0.4) is 0 Å². The second kappa shape index (κ2) is 26.2. The molecule has 1 spiro atoms. The van der Waals surface area contributed by atoms with E-state index in [0.29, 0.717) is 26.4 Å². The van der Waals surface area contributed by atoms with Gasteiger partial charge in [-0.2, -0.15) is 0 Å². The quantitative estimate of drug-likeness (QED) is 0.114. The highest BCUT2D eigenvalue weighted by molar-refractivity contribution is 7.42. The molecule has 0 aromatic heterocycles. The average Bonchev–Trinajstić information content (AvgIpc) is 3.41. The Kier molecular flexibility index (Phi) is 21.7. The van der Waals surface area contributed by atoms with Gasteiger partial charge in [-0.15, -0.1) is 0 Å². The summed E-state index contributed by atoms with van der Waals surface area (Å²) in [5, 5.41) is 0. The highest BCUT2D eigenvalue weighted by Gasteiger charge is 2.46. The van der Waals surface area contributed by atoms with E-state index in [0.717, 1.165) is 22.6 Å². The van der Waals surface area contributed by atoms with Crippen molar-refractivity contribution in [3.63, 3.8) is 0 Å². The second-order valence-corrected chi connectivity index (χ2v) is 20.9. The third kappa shape index (κ3) is 13.5. The van der Waals surface area contributed by atoms with Gasteiger partial charge in [0, 0.05) is 32.8 Å². The number of rotatable bonds is 12. The van der Waals surface area contributed by atoms with Crippen molar-refractivity contribution in [1.29, 1.82) is 0 Å². The van der Waals surface area contributed by atoms with E-state index in [1.807, 2.05) is 55.4 Å². The Hall–Kier alpha value is -4.38. The second-order valence-electron chi connectivity index (χ2n) is 18.6. The van der Waals surface area contributed by atoms with Gasteiger partial charge in [-0.1, -0.05) is 256 Å². The van der Waals surface area contributed by atoms with Crippen molar-refractivity contribution >= 4 is 17.2 Å². The molecule has 6 nitrogen and oxygen atoms in total. The van der Waals surface area contributed by atoms with E-state index in [-0.39, 0.29) is 21.7 Å². The van der Waals surface area contributed by atoms with Gasteiger partial charge in [0.25, 0.3) is 0 Å². The zero-order chi connectivity index (χ0) is 50.9. The van der Waals surface area contributed by atoms with E-state index in [4.69, 9.17) is 27.1 Å². The molecule has 8 heteroatoms. The SMILES string of the molecule is CC.CC.CC.CC.CC(C)(c1ccccc1)c1ccc(OP2OCC3(CO2)COP(Oc2ccc(C(C)(C)c4ccccc4)cc2C(C)(C)c2ccccc2)OC3)c(C(C)(C)c2ccccc2)c1. The van der Waals surface area contributed by atoms with Gasteiger partial charge in [0.1, 0.15) is 11.5 Å². The summed E-state index contributed by atoms with van der Waals surface area (Å²) in [5.74, 6) is 1.51. The van der Waals surface area contributed by atoms with Gasteiger partial charge >= 0.3 is 17.2 Å². The molecule has 0 aliphatic carbocycles. The van der Waals surface area contributed by atoms with Crippen LogP contribution in [0.1, 0.15) is 155 Å². The first-order valence-electron chi connectivity index (χ1n) is 25.2. The van der Waals surface area contributed by atoms with E-state index in [2.05, 4.69) is 213 Å². The molecule has 372 valence electrons. The lowest BCUT2D eigenvalue weighted by Gasteiger charge is -2.41. The zero-order valence-electron chi connectivity index (χ0n) is 44.7. The predicted molar refractivity (Wildman–Crippen MR) is 294 cm³/mol. The van der Waals surface area contributed by atoms with Gasteiger partial charge in [-0.05, 0) is 45.5 Å². The molecule has 6 aromatic carbocycles. The summed E-state index contributed by atoms with van der Waals surface area (Å²) >= 11 is 0. The number of benzene rings is 6. The summed E-state index contributed by atoms with van der Waals surface area (Å²) < 4.78 is 38.9. The largest absolute Gasteiger partial charge is 0.426 e. The molecule has 69 heavy (non-hydrogen) atoms. The van der Waals surface area contributed by atoms with Crippen molar-refractivity contribution < 1.29 is 27.1 Å². The first kappa shape index (κ1) is 57.2. The summed E-state index contributed by atoms with van der Waals surface area (Å²) in [7, 11) is -3.34. The lowest BCUT2D eigenvalue weighted by atomic mass is 9.73. The third-order valence-electron chi connectivity index (χ3n) is 13.0. The normalized spacial score (nSPS) is 18.0. The molecular weight excluding hydrogens is 891 g/mol. The highest BCUT2D eigenvalue weighted by Crippen LogP contribution is 2.55. The van der Waals surface area contributed by atoms with E-state index in [1.54, 1.807) is 0 Å². The van der Waals surface area contributed by atoms with E-state index in [1.165, 1.54) is 33.4 Å². The molecule has 8 rings (SSSR count). The van der Waals surface area contributed by atoms with Crippen LogP contribution in [0.4, 0.5) is 0 Å². The van der Waals surface area contributed by atoms with Gasteiger partial charge in [0.15, 0.2) is 0 Å². The van der Waals surface area contributed by atoms with Gasteiger partial charge in [0.05, 0.1) is 31.8 Å². The van der Waals surface area contributed by atoms with Crippen LogP contribution in [-0.4, -0.2) is 26.4 Å². The maximum absolute atomic E-state index is 6.66. The summed E-state index contributed by atoms with van der Waals surface area (Å²) in [6, 6.07) is 55.6. The third-order valence-corrected chi connectivity index (χ3v) is 15.0. The molecule has 2 saturated heterocycles. The Bertz CT molecular complexity index is 2210. The molecule has 0 saturated carbocycles. The fourth-order valence-electron chi connectivity index (χ4n) is 8.39. The fraction of sp³-hybridized carbons (Fsp3) is 0.410. The van der Waals surface area contributed by atoms with Crippen molar-refractivity contribution in [3.8, 4) is 11.5 Å². The van der Waals surface area contributed by atoms with E-state index in [9.17, 15) is 0 Å². The maximum Gasteiger partial charge on any atom is 0.397 e. The highest BCUT2D eigenvalue weighted by atomic mass is 31.2. The van der Waals surface area contributed by atoms with Crippen molar-refractivity contribution in [2.24, 2.45) is 5.41 Å². The van der Waals surface area contributed by atoms with Crippen LogP contribution >= 0.6 is 17.2 Å². The monoisotopic (exact) mass is 973 g/mol. The minimum absolute atomic E-state index is 0.219. The summed E-state index contributed by atoms with van der Waals surface area (Å²) in [6.45, 7) is 35.6. The van der Waals surface area contributed by atoms with Crippen LogP contribution in [0, 0.1) is 5.41 Å². The van der Waals surface area contributed by atoms with Crippen molar-refractivity contribution in [2.75, 3.05) is 26.4 Å². The molecule has 0 N–H and O–H groups in total. The predicted octanol–water partition coefficient (Wildman–Crippen LogP) is 18.1. The Morgan fingerprint density at radius 2 is 0.580 bits per heavy atom. The zero-order valence-corrected chi connectivity index (χ0v) is 46.5. The molecule has 2 heterocycles. The molecule has 0 atom stereocenters. The Morgan fingerprint density at radius 1 is 0.333 bits per heavy atom. The molecule has 0 bridgehead atoms. The number of hydrogen-bond acceptors (Lipinski definition) is 6. The van der Waals surface area contributed by atoms with Crippen LogP contribution in [0.25, 0.3) is 0 Å². The van der Waals surface area contributed by atoms with Crippen LogP contribution < -0.4 is 9.05 Å². The Balaban J connectivity index is 0.00000123. The molecule has 2 aliphatic heterocycles. The van der Waals surface area contributed by atoms with E-state index < -0.39 is 22.6 Å². The molecular formula is C61H82O6P2. The molecule has 6 aromatic rings. The van der Waals surface area contributed by atoms with E-state index >= 15 is 0 Å². The summed E-state index contributed by atoms with van der Waals surface area (Å²) in [5.41, 5.74) is 7.85. The summed E-state index contributed by atoms with van der Waals surface area (Å²) in [4.78, 5) is 0. The topological polar surface area (TPSA) is 55.4 Å². The maximum atomic E-state index is 6.66. The minimum Gasteiger partial charge on any atom is -0.426 e. The Morgan fingerprint density at radius 3 is 0.841 bits per heavy atom. The van der Waals surface area contributed by atoms with Crippen LogP contribution in [0.5, 0.6) is 11.5 Å². The smallest absolute Gasteiger partial charge is 0.397 e. The van der Waals surface area contributed by atoms with Crippen molar-refractivity contribution in [1.82, 2.24) is 0 Å². The van der Waals surface area contributed by atoms with Gasteiger partial charge in [-0.3, -0.25) is 0 Å². The van der Waals surface area contributed by atoms with Crippen LogP contribution in [0.2, 0.25) is 0 Å². The standard InChI is InChI=1S/C53H58O6P2.4C2H6/c1-49(2,39-21-13-9-14-22-39)43-29-31-47(45(33-43)51(5,6)41-25-17-11-18-26-41)58-60-54-35-53(36-55-60)37-56-61(57-38-53)59-48-32-30-44(50(3,4)40-23-15-10-16-24-40)34-46(48)52(7,8)42-27-19-12-20-28-42;4*1-2/h9-34H,35-38H2,1-8H3;4*1-2H3. The lowest BCUT2D eigenvalue weighted by Crippen LogP contribution is -2.45. The van der Waals surface area contributed by atoms with Gasteiger partial charge in [-0.25, -0.2) is 0 Å². The fourth-order valence-corrected chi connectivity index (χ4v) is 10.9. The number of hydrogen-bond donors (Lipinski definition) is 0. The van der Waals surface area contributed by atoms with Gasteiger partial charge in [0.2, 0.25) is 0 Å². The lowest BCUT2D eigenvalue weighted by molar-refractivity contribution is -0.0673. The molecule has 0 unspecified atom stereocenters. The molecule has 0 amide bonds. The van der Waals surface area contributed by atoms with Crippen molar-refractivity contribution in [3.05, 3.63) is 202 Å². The first-order chi connectivity index (χ1) is 33.2. The van der Waals surface area contributed by atoms with Crippen LogP contribution in [0.15, 0.2) is 158 Å². The summed E-state index contributed by atoms with van der Waals surface area (Å²) in [6.07, 6.45) is 0.